The average Bonchev–Trinajstić information content (AvgIpc) is 3.19. The average molecular weight is 553 g/mol. The molecule has 0 aromatic carbocycles. The Balaban J connectivity index is 1.39. The van der Waals surface area contributed by atoms with Gasteiger partial charge in [0.2, 0.25) is 0 Å². The minimum absolute atomic E-state index is 0.119. The fourth-order valence-corrected chi connectivity index (χ4v) is 12.4. The molecular weight excluding hydrogens is 500 g/mol. The van der Waals surface area contributed by atoms with Crippen molar-refractivity contribution in [1.82, 2.24) is 0 Å². The van der Waals surface area contributed by atoms with Gasteiger partial charge in [0, 0.05) is 24.0 Å². The zero-order chi connectivity index (χ0) is 26.6. The molecule has 0 bridgehead atoms. The van der Waals surface area contributed by atoms with Crippen LogP contribution in [0, 0.1) is 52.3 Å². The van der Waals surface area contributed by atoms with Crippen LogP contribution in [0.3, 0.4) is 0 Å². The number of thioether (sulfide) groups is 1. The maximum Gasteiger partial charge on any atom is 0.303 e. The Bertz CT molecular complexity index is 825. The fraction of sp³-hybridized carbons (Fsp3) is 0.969. The second-order valence-corrected chi connectivity index (χ2v) is 16.6. The van der Waals surface area contributed by atoms with Crippen molar-refractivity contribution in [2.75, 3.05) is 12.4 Å². The van der Waals surface area contributed by atoms with E-state index < -0.39 is 0 Å². The second kappa shape index (κ2) is 10.8. The molecule has 5 fully saturated rings. The van der Waals surface area contributed by atoms with E-state index in [4.69, 9.17) is 21.1 Å². The number of halogens is 1. The summed E-state index contributed by atoms with van der Waals surface area (Å²) in [7, 11) is 0. The van der Waals surface area contributed by atoms with Crippen molar-refractivity contribution in [1.29, 1.82) is 0 Å². The van der Waals surface area contributed by atoms with Gasteiger partial charge in [-0.1, -0.05) is 53.9 Å². The zero-order valence-corrected chi connectivity index (χ0v) is 26.0. The molecule has 11 atom stereocenters. The van der Waals surface area contributed by atoms with Crippen LogP contribution in [0.25, 0.3) is 0 Å². The summed E-state index contributed by atoms with van der Waals surface area (Å²) < 4.78 is 12.5. The maximum atomic E-state index is 11.6. The molecule has 3 nitrogen and oxygen atoms in total. The highest BCUT2D eigenvalue weighted by Crippen LogP contribution is 2.72. The summed E-state index contributed by atoms with van der Waals surface area (Å²) in [5, 5.41) is 0.262. The maximum absolute atomic E-state index is 11.6. The number of rotatable bonds is 6. The van der Waals surface area contributed by atoms with Gasteiger partial charge in [0.1, 0.15) is 11.0 Å². The number of carbonyl (C=O) groups is 1. The van der Waals surface area contributed by atoms with Crippen LogP contribution >= 0.6 is 23.4 Å². The van der Waals surface area contributed by atoms with E-state index in [1.54, 1.807) is 0 Å². The van der Waals surface area contributed by atoms with E-state index in [1.165, 1.54) is 64.7 Å². The molecule has 5 rings (SSSR count). The van der Waals surface area contributed by atoms with Crippen LogP contribution in [0.4, 0.5) is 0 Å². The summed E-state index contributed by atoms with van der Waals surface area (Å²) in [6.45, 7) is 14.7. The molecule has 0 aromatic rings. The van der Waals surface area contributed by atoms with Gasteiger partial charge < -0.3 is 9.47 Å². The van der Waals surface area contributed by atoms with E-state index in [2.05, 4.69) is 34.6 Å². The van der Waals surface area contributed by atoms with Crippen molar-refractivity contribution in [3.05, 3.63) is 0 Å². The van der Waals surface area contributed by atoms with Gasteiger partial charge in [0.15, 0.2) is 0 Å². The van der Waals surface area contributed by atoms with E-state index >= 15 is 0 Å². The van der Waals surface area contributed by atoms with Crippen LogP contribution in [-0.2, 0) is 14.3 Å². The van der Waals surface area contributed by atoms with Gasteiger partial charge in [-0.2, -0.15) is 0 Å². The molecule has 37 heavy (non-hydrogen) atoms. The second-order valence-electron chi connectivity index (χ2n) is 14.7. The van der Waals surface area contributed by atoms with E-state index in [9.17, 15) is 4.79 Å². The number of alkyl halides is 1. The molecule has 212 valence electrons. The Morgan fingerprint density at radius 2 is 1.78 bits per heavy atom. The molecule has 4 saturated carbocycles. The van der Waals surface area contributed by atoms with Crippen molar-refractivity contribution in [3.63, 3.8) is 0 Å². The summed E-state index contributed by atoms with van der Waals surface area (Å²) in [5.41, 5.74) is 0.782. The van der Waals surface area contributed by atoms with Gasteiger partial charge in [0.25, 0.3) is 0 Å². The third kappa shape index (κ3) is 5.16. The van der Waals surface area contributed by atoms with Crippen molar-refractivity contribution in [2.45, 2.75) is 129 Å². The van der Waals surface area contributed by atoms with E-state index in [-0.39, 0.29) is 22.4 Å². The topological polar surface area (TPSA) is 35.5 Å². The van der Waals surface area contributed by atoms with Gasteiger partial charge in [-0.05, 0) is 97.7 Å². The number of ether oxygens (including phenoxy) is 2. The molecule has 0 radical (unpaired) electrons. The standard InChI is InChI=1S/C32H53ClO3S/c1-20(2)8-7-9-21(3)26-10-11-27-25-17-32(35-18-24(19-37-32)36-22(4)34)29-16-23(33)12-14-31(29,6)28(25)13-15-30(26,27)5/h20-21,23-29H,7-19H2,1-6H3/t21-,23+,24?,25+,26-,27+,28+,29+,30-,31-,32-/m1/s1. The van der Waals surface area contributed by atoms with E-state index in [1.807, 2.05) is 11.8 Å². The van der Waals surface area contributed by atoms with Crippen LogP contribution < -0.4 is 0 Å². The lowest BCUT2D eigenvalue weighted by Gasteiger charge is -2.66. The molecule has 0 amide bonds. The lowest BCUT2D eigenvalue weighted by atomic mass is 9.43. The zero-order valence-electron chi connectivity index (χ0n) is 24.4. The third-order valence-corrected chi connectivity index (χ3v) is 14.2. The van der Waals surface area contributed by atoms with Gasteiger partial charge >= 0.3 is 5.97 Å². The number of carbonyl (C=O) groups excluding carboxylic acids is 1. The first-order valence-corrected chi connectivity index (χ1v) is 17.0. The highest BCUT2D eigenvalue weighted by Gasteiger charge is 2.67. The lowest BCUT2D eigenvalue weighted by Crippen LogP contribution is -2.64. The monoisotopic (exact) mass is 552 g/mol. The first-order chi connectivity index (χ1) is 17.5. The van der Waals surface area contributed by atoms with Gasteiger partial charge in [-0.25, -0.2) is 0 Å². The Kier molecular flexibility index (Phi) is 8.35. The molecule has 1 heterocycles. The Morgan fingerprint density at radius 1 is 1.05 bits per heavy atom. The summed E-state index contributed by atoms with van der Waals surface area (Å²) in [4.78, 5) is 11.5. The molecule has 1 aliphatic heterocycles. The summed E-state index contributed by atoms with van der Waals surface area (Å²) in [6.07, 6.45) is 14.3. The van der Waals surface area contributed by atoms with Crippen LogP contribution in [-0.4, -0.2) is 34.7 Å². The number of esters is 1. The molecule has 1 spiro atoms. The molecule has 0 N–H and O–H groups in total. The number of hydrogen-bond acceptors (Lipinski definition) is 4. The van der Waals surface area contributed by atoms with Crippen molar-refractivity contribution >= 4 is 29.3 Å². The number of fused-ring (bicyclic) bond motifs is 6. The smallest absolute Gasteiger partial charge is 0.303 e. The predicted molar refractivity (Wildman–Crippen MR) is 155 cm³/mol. The quantitative estimate of drug-likeness (QED) is 0.244. The highest BCUT2D eigenvalue weighted by atomic mass is 35.5. The lowest BCUT2D eigenvalue weighted by molar-refractivity contribution is -0.200. The van der Waals surface area contributed by atoms with Crippen molar-refractivity contribution < 1.29 is 14.3 Å². The third-order valence-electron chi connectivity index (χ3n) is 12.2. The molecule has 0 aromatic heterocycles. The van der Waals surface area contributed by atoms with Crippen LogP contribution in [0.15, 0.2) is 0 Å². The number of hydrogen-bond donors (Lipinski definition) is 0. The predicted octanol–water partition coefficient (Wildman–Crippen LogP) is 8.72. The molecule has 1 saturated heterocycles. The normalized spacial score (nSPS) is 48.3. The minimum Gasteiger partial charge on any atom is -0.459 e. The van der Waals surface area contributed by atoms with Crippen LogP contribution in [0.2, 0.25) is 0 Å². The Morgan fingerprint density at radius 3 is 2.46 bits per heavy atom. The molecule has 1 unspecified atom stereocenters. The van der Waals surface area contributed by atoms with Gasteiger partial charge in [0.05, 0.1) is 6.61 Å². The first kappa shape index (κ1) is 28.6. The fourth-order valence-electron chi connectivity index (χ4n) is 10.5. The van der Waals surface area contributed by atoms with E-state index in [0.717, 1.165) is 54.1 Å². The van der Waals surface area contributed by atoms with Crippen LogP contribution in [0.1, 0.15) is 112 Å². The van der Waals surface area contributed by atoms with Crippen LogP contribution in [0.5, 0.6) is 0 Å². The van der Waals surface area contributed by atoms with Crippen molar-refractivity contribution in [2.24, 2.45) is 52.3 Å². The van der Waals surface area contributed by atoms with Gasteiger partial charge in [-0.3, -0.25) is 4.79 Å². The highest BCUT2D eigenvalue weighted by molar-refractivity contribution is 8.00. The molecule has 5 aliphatic rings. The van der Waals surface area contributed by atoms with Gasteiger partial charge in [-0.15, -0.1) is 23.4 Å². The summed E-state index contributed by atoms with van der Waals surface area (Å²) >= 11 is 8.84. The largest absolute Gasteiger partial charge is 0.459 e. The molecular formula is C32H53ClO3S. The first-order valence-electron chi connectivity index (χ1n) is 15.6. The molecule has 5 heteroatoms. The summed E-state index contributed by atoms with van der Waals surface area (Å²) in [5.74, 6) is 6.06. The Labute approximate surface area is 236 Å². The minimum atomic E-state index is -0.195. The molecule has 4 aliphatic carbocycles. The van der Waals surface area contributed by atoms with Crippen molar-refractivity contribution in [3.8, 4) is 0 Å². The Hall–Kier alpha value is 0.0700. The SMILES string of the molecule is CC(=O)OC1CO[C@]2(C[C@H]3[C@@H]4CC[C@H]([C@H](C)CCCC(C)C)[C@@]4(C)CC[C@@H]3[C@@]3(C)CC[C@H](Cl)C[C@@H]32)SC1. The van der Waals surface area contributed by atoms with E-state index in [0.29, 0.717) is 23.4 Å². The summed E-state index contributed by atoms with van der Waals surface area (Å²) in [6, 6.07) is 0.